The zero-order valence-electron chi connectivity index (χ0n) is 34.0. The smallest absolute Gasteiger partial charge is 0.255 e. The van der Waals surface area contributed by atoms with E-state index in [1.807, 2.05) is 36.8 Å². The maximum absolute atomic E-state index is 13.0. The average molecular weight is 827 g/mol. The van der Waals surface area contributed by atoms with Gasteiger partial charge in [-0.25, -0.2) is 9.97 Å². The molecule has 310 valence electrons. The molecule has 62 heavy (non-hydrogen) atoms. The average Bonchev–Trinajstić information content (AvgIpc) is 3.76. The largest absolute Gasteiger partial charge is 0.481 e. The molecular formula is C48H42N8O6. The number of hydrogen-bond acceptors (Lipinski definition) is 11. The number of ether oxygens (including phenoxy) is 3. The second-order valence-corrected chi connectivity index (χ2v) is 16.2. The molecular weight excluding hydrogens is 785 g/mol. The topological polar surface area (TPSA) is 165 Å². The minimum Gasteiger partial charge on any atom is -0.481 e. The number of nitriles is 1. The van der Waals surface area contributed by atoms with E-state index in [4.69, 9.17) is 14.2 Å². The van der Waals surface area contributed by atoms with Crippen molar-refractivity contribution >= 4 is 45.2 Å². The zero-order chi connectivity index (χ0) is 42.3. The first-order valence-corrected chi connectivity index (χ1v) is 20.9. The molecule has 1 aliphatic carbocycles. The van der Waals surface area contributed by atoms with Gasteiger partial charge in [0.25, 0.3) is 5.91 Å². The van der Waals surface area contributed by atoms with Gasteiger partial charge in [0.05, 0.1) is 29.0 Å². The van der Waals surface area contributed by atoms with E-state index in [2.05, 4.69) is 79.0 Å². The standard InChI is InChI=1S/C48H42N8O6/c1-54-41-12-15-50-27-40(41)39-7-4-29(20-44(39)54)30-5-11-46(52-25-30)62-37-22-36(23-37)61-34-13-16-55(17-14-34)43-21-33(51-26-32(43)24-49)3-2-18-60-35-6-8-38-31(19-35)28-56(48(38)59)42-9-10-45(57)53-47(42)58/h4-8,11-12,15,19-21,25-27,34,36-37,42H,9-10,13-14,16-18,22-23,28H2,1H3,(H,53,57,58). The predicted octanol–water partition coefficient (Wildman–Crippen LogP) is 5.84. The number of aryl methyl sites for hydroxylation is 1. The highest BCUT2D eigenvalue weighted by Gasteiger charge is 2.39. The van der Waals surface area contributed by atoms with Crippen molar-refractivity contribution in [2.24, 2.45) is 7.05 Å². The molecule has 1 unspecified atom stereocenters. The first-order valence-electron chi connectivity index (χ1n) is 20.9. The van der Waals surface area contributed by atoms with Crippen LogP contribution in [0.3, 0.4) is 0 Å². The lowest BCUT2D eigenvalue weighted by atomic mass is 9.91. The van der Waals surface area contributed by atoms with Crippen LogP contribution in [-0.4, -0.2) is 86.2 Å². The summed E-state index contributed by atoms with van der Waals surface area (Å²) in [6.45, 7) is 1.84. The molecule has 14 nitrogen and oxygen atoms in total. The van der Waals surface area contributed by atoms with Crippen molar-refractivity contribution in [1.82, 2.24) is 29.7 Å². The van der Waals surface area contributed by atoms with Crippen LogP contribution >= 0.6 is 0 Å². The number of nitrogens with one attached hydrogen (secondary N) is 1. The van der Waals surface area contributed by atoms with Crippen LogP contribution in [0.25, 0.3) is 32.9 Å². The van der Waals surface area contributed by atoms with Gasteiger partial charge in [-0.2, -0.15) is 5.26 Å². The third-order valence-electron chi connectivity index (χ3n) is 12.4. The molecule has 4 aromatic heterocycles. The van der Waals surface area contributed by atoms with Gasteiger partial charge < -0.3 is 28.6 Å². The molecule has 1 N–H and O–H groups in total. The molecule has 14 heteroatoms. The van der Waals surface area contributed by atoms with Gasteiger partial charge in [0, 0.05) is 104 Å². The lowest BCUT2D eigenvalue weighted by Gasteiger charge is -2.40. The summed E-state index contributed by atoms with van der Waals surface area (Å²) in [6.07, 6.45) is 11.3. The van der Waals surface area contributed by atoms with E-state index < -0.39 is 11.9 Å². The number of hydrogen-bond donors (Lipinski definition) is 1. The number of carbonyl (C=O) groups is 3. The molecule has 1 atom stereocenters. The SMILES string of the molecule is Cn1c2ccncc2c2ccc(-c3ccc(OC4CC(OC5CCN(c6cc(C#CCOc7ccc8c(c7)CN(C7CCC(=O)NC7=O)C8=O)ncc6C#N)CC5)C4)nc3)cc21. The summed E-state index contributed by atoms with van der Waals surface area (Å²) in [5, 5.41) is 14.5. The van der Waals surface area contributed by atoms with Crippen molar-refractivity contribution in [3.63, 3.8) is 0 Å². The highest BCUT2D eigenvalue weighted by molar-refractivity contribution is 6.08. The molecule has 0 radical (unpaired) electrons. The summed E-state index contributed by atoms with van der Waals surface area (Å²) in [7, 11) is 2.08. The van der Waals surface area contributed by atoms with Crippen LogP contribution in [0.1, 0.15) is 65.7 Å². The van der Waals surface area contributed by atoms with Crippen LogP contribution in [0.4, 0.5) is 5.69 Å². The third kappa shape index (κ3) is 7.54. The van der Waals surface area contributed by atoms with Gasteiger partial charge in [-0.1, -0.05) is 18.1 Å². The highest BCUT2D eigenvalue weighted by Crippen LogP contribution is 2.35. The minimum absolute atomic E-state index is 0.0658. The molecule has 10 rings (SSSR count). The zero-order valence-corrected chi connectivity index (χ0v) is 34.0. The van der Waals surface area contributed by atoms with E-state index in [1.165, 1.54) is 10.3 Å². The fourth-order valence-corrected chi connectivity index (χ4v) is 9.00. The Bertz CT molecular complexity index is 2860. The Morgan fingerprint density at radius 3 is 2.52 bits per heavy atom. The van der Waals surface area contributed by atoms with Crippen LogP contribution < -0.4 is 19.7 Å². The summed E-state index contributed by atoms with van der Waals surface area (Å²) in [4.78, 5) is 54.0. The number of fused-ring (bicyclic) bond motifs is 4. The van der Waals surface area contributed by atoms with Gasteiger partial charge in [0.1, 0.15) is 36.3 Å². The molecule has 0 spiro atoms. The van der Waals surface area contributed by atoms with Crippen molar-refractivity contribution in [3.8, 4) is 40.7 Å². The normalized spacial score (nSPS) is 20.0. The number of pyridine rings is 3. The summed E-state index contributed by atoms with van der Waals surface area (Å²) in [5.74, 6) is 6.23. The second kappa shape index (κ2) is 16.3. The molecule has 4 aliphatic rings. The predicted molar refractivity (Wildman–Crippen MR) is 229 cm³/mol. The van der Waals surface area contributed by atoms with Crippen molar-refractivity contribution in [2.45, 2.75) is 69.4 Å². The van der Waals surface area contributed by atoms with Gasteiger partial charge in [-0.15, -0.1) is 0 Å². The summed E-state index contributed by atoms with van der Waals surface area (Å²) < 4.78 is 20.8. The number of benzene rings is 2. The molecule has 2 aromatic carbocycles. The maximum Gasteiger partial charge on any atom is 0.255 e. The van der Waals surface area contributed by atoms with Crippen LogP contribution in [0.5, 0.6) is 11.6 Å². The van der Waals surface area contributed by atoms with Crippen LogP contribution in [0, 0.1) is 23.2 Å². The van der Waals surface area contributed by atoms with Gasteiger partial charge in [-0.3, -0.25) is 24.7 Å². The monoisotopic (exact) mass is 826 g/mol. The lowest BCUT2D eigenvalue weighted by Crippen LogP contribution is -2.52. The molecule has 3 fully saturated rings. The Labute approximate surface area is 357 Å². The molecule has 1 saturated carbocycles. The minimum atomic E-state index is -0.674. The fraction of sp³-hybridized carbons (Fsp3) is 0.312. The quantitative estimate of drug-likeness (QED) is 0.138. The second-order valence-electron chi connectivity index (χ2n) is 16.2. The summed E-state index contributed by atoms with van der Waals surface area (Å²) >= 11 is 0. The van der Waals surface area contributed by atoms with Gasteiger partial charge >= 0.3 is 0 Å². The van der Waals surface area contributed by atoms with Crippen molar-refractivity contribution < 1.29 is 28.6 Å². The van der Waals surface area contributed by atoms with Crippen molar-refractivity contribution in [1.29, 1.82) is 5.26 Å². The number of piperidine rings is 2. The first kappa shape index (κ1) is 38.9. The van der Waals surface area contributed by atoms with Crippen LogP contribution in [-0.2, 0) is 27.9 Å². The van der Waals surface area contributed by atoms with Gasteiger partial charge in [-0.05, 0) is 78.8 Å². The number of aromatic nitrogens is 4. The van der Waals surface area contributed by atoms with E-state index in [0.29, 0.717) is 34.9 Å². The van der Waals surface area contributed by atoms with Crippen molar-refractivity contribution in [3.05, 3.63) is 108 Å². The van der Waals surface area contributed by atoms with Crippen LogP contribution in [0.2, 0.25) is 0 Å². The summed E-state index contributed by atoms with van der Waals surface area (Å²) in [5.41, 5.74) is 7.54. The number of carbonyl (C=O) groups excluding carboxylic acids is 3. The van der Waals surface area contributed by atoms with Crippen molar-refractivity contribution in [2.75, 3.05) is 24.6 Å². The van der Waals surface area contributed by atoms with Gasteiger partial charge in [0.15, 0.2) is 0 Å². The highest BCUT2D eigenvalue weighted by atomic mass is 16.5. The first-order chi connectivity index (χ1) is 30.3. The molecule has 7 heterocycles. The molecule has 6 aromatic rings. The Hall–Kier alpha value is -7.29. The number of nitrogens with zero attached hydrogens (tertiary/aromatic N) is 7. The Morgan fingerprint density at radius 1 is 0.855 bits per heavy atom. The molecule has 2 saturated heterocycles. The Morgan fingerprint density at radius 2 is 1.71 bits per heavy atom. The third-order valence-corrected chi connectivity index (χ3v) is 12.4. The number of rotatable bonds is 9. The van der Waals surface area contributed by atoms with E-state index >= 15 is 0 Å². The summed E-state index contributed by atoms with van der Waals surface area (Å²) in [6, 6.07) is 21.2. The number of amides is 3. The van der Waals surface area contributed by atoms with Crippen LogP contribution in [0.15, 0.2) is 85.5 Å². The number of anilines is 1. The number of imide groups is 1. The Balaban J connectivity index is 0.682. The molecule has 0 bridgehead atoms. The fourth-order valence-electron chi connectivity index (χ4n) is 9.00. The molecule has 3 amide bonds. The Kier molecular flexibility index (Phi) is 10.2. The van der Waals surface area contributed by atoms with E-state index in [9.17, 15) is 19.6 Å². The van der Waals surface area contributed by atoms with Gasteiger partial charge in [0.2, 0.25) is 17.7 Å². The van der Waals surface area contributed by atoms with E-state index in [0.717, 1.165) is 77.6 Å². The van der Waals surface area contributed by atoms with E-state index in [-0.39, 0.29) is 49.7 Å². The molecule has 3 aliphatic heterocycles. The maximum atomic E-state index is 13.0. The lowest BCUT2D eigenvalue weighted by molar-refractivity contribution is -0.136. The van der Waals surface area contributed by atoms with E-state index in [1.54, 1.807) is 24.4 Å².